The topological polar surface area (TPSA) is 66.5 Å². The van der Waals surface area contributed by atoms with Crippen LogP contribution in [-0.2, 0) is 14.8 Å². The summed E-state index contributed by atoms with van der Waals surface area (Å²) in [4.78, 5) is 13.4. The Kier molecular flexibility index (Phi) is 6.23. The number of carbonyl (C=O) groups is 1. The van der Waals surface area contributed by atoms with Crippen LogP contribution in [0.4, 0.5) is 5.69 Å². The number of nitrogens with zero attached hydrogens (tertiary/aromatic N) is 1. The molecule has 2 aromatic rings. The predicted molar refractivity (Wildman–Crippen MR) is 96.1 cm³/mol. The lowest BCUT2D eigenvalue weighted by molar-refractivity contribution is -0.116. The molecule has 0 aliphatic carbocycles. The Morgan fingerprint density at radius 1 is 1.08 bits per heavy atom. The average Bonchev–Trinajstić information content (AvgIpc) is 2.51. The summed E-state index contributed by atoms with van der Waals surface area (Å²) in [6, 6.07) is 12.8. The van der Waals surface area contributed by atoms with Gasteiger partial charge in [0.05, 0.1) is 4.90 Å². The van der Waals surface area contributed by atoms with Gasteiger partial charge >= 0.3 is 0 Å². The second kappa shape index (κ2) is 7.98. The summed E-state index contributed by atoms with van der Waals surface area (Å²) < 4.78 is 26.8. The van der Waals surface area contributed by atoms with Gasteiger partial charge in [0, 0.05) is 35.7 Å². The van der Waals surface area contributed by atoms with E-state index in [1.807, 2.05) is 0 Å². The van der Waals surface area contributed by atoms with Crippen LogP contribution in [0.3, 0.4) is 0 Å². The molecule has 0 saturated heterocycles. The van der Waals surface area contributed by atoms with Crippen LogP contribution in [-0.4, -0.2) is 27.4 Å². The maximum atomic E-state index is 12.2. The number of halogens is 2. The molecule has 128 valence electrons. The third kappa shape index (κ3) is 4.95. The molecular formula is C16H16Cl2N2O3S. The molecule has 5 nitrogen and oxygen atoms in total. The van der Waals surface area contributed by atoms with Gasteiger partial charge in [-0.3, -0.25) is 4.79 Å². The molecule has 24 heavy (non-hydrogen) atoms. The van der Waals surface area contributed by atoms with E-state index in [9.17, 15) is 13.2 Å². The first-order valence-electron chi connectivity index (χ1n) is 7.08. The Balaban J connectivity index is 2.09. The number of sulfonamides is 1. The molecule has 1 amide bonds. The highest BCUT2D eigenvalue weighted by atomic mass is 35.5. The fourth-order valence-corrected chi connectivity index (χ4v) is 3.69. The van der Waals surface area contributed by atoms with Crippen molar-refractivity contribution in [2.75, 3.05) is 18.0 Å². The molecule has 0 aromatic heterocycles. The third-order valence-electron chi connectivity index (χ3n) is 3.22. The van der Waals surface area contributed by atoms with Crippen LogP contribution in [0.25, 0.3) is 0 Å². The Morgan fingerprint density at radius 3 is 2.21 bits per heavy atom. The first-order chi connectivity index (χ1) is 11.3. The maximum Gasteiger partial charge on any atom is 0.240 e. The van der Waals surface area contributed by atoms with E-state index < -0.39 is 10.0 Å². The van der Waals surface area contributed by atoms with E-state index in [0.717, 1.165) is 0 Å². The van der Waals surface area contributed by atoms with E-state index in [0.29, 0.717) is 15.7 Å². The van der Waals surface area contributed by atoms with Crippen LogP contribution in [0.15, 0.2) is 53.4 Å². The molecule has 0 unspecified atom stereocenters. The number of carbonyl (C=O) groups excluding carboxylic acids is 1. The van der Waals surface area contributed by atoms with E-state index >= 15 is 0 Å². The quantitative estimate of drug-likeness (QED) is 0.827. The number of anilines is 1. The monoisotopic (exact) mass is 386 g/mol. The van der Waals surface area contributed by atoms with Gasteiger partial charge in [0.15, 0.2) is 0 Å². The number of hydrogen-bond acceptors (Lipinski definition) is 3. The van der Waals surface area contributed by atoms with Gasteiger partial charge in [0.1, 0.15) is 0 Å². The number of hydrogen-bond donors (Lipinski definition) is 1. The van der Waals surface area contributed by atoms with Gasteiger partial charge in [-0.25, -0.2) is 13.1 Å². The SMILES string of the molecule is CC(=O)N(CCNS(=O)(=O)c1ccccc1)c1cc(Cl)cc(Cl)c1. The van der Waals surface area contributed by atoms with Gasteiger partial charge in [-0.1, -0.05) is 41.4 Å². The van der Waals surface area contributed by atoms with Gasteiger partial charge in [-0.05, 0) is 30.3 Å². The van der Waals surface area contributed by atoms with E-state index in [1.54, 1.807) is 36.4 Å². The zero-order valence-electron chi connectivity index (χ0n) is 12.9. The molecule has 1 N–H and O–H groups in total. The molecule has 0 bridgehead atoms. The van der Waals surface area contributed by atoms with Crippen LogP contribution in [0.1, 0.15) is 6.92 Å². The van der Waals surface area contributed by atoms with Gasteiger partial charge in [-0.15, -0.1) is 0 Å². The Labute approximate surface area is 151 Å². The fraction of sp³-hybridized carbons (Fsp3) is 0.188. The van der Waals surface area contributed by atoms with Gasteiger partial charge in [0.2, 0.25) is 15.9 Å². The van der Waals surface area contributed by atoms with Crippen molar-refractivity contribution in [3.8, 4) is 0 Å². The maximum absolute atomic E-state index is 12.2. The first kappa shape index (κ1) is 18.7. The molecule has 0 spiro atoms. The van der Waals surface area contributed by atoms with E-state index in [4.69, 9.17) is 23.2 Å². The third-order valence-corrected chi connectivity index (χ3v) is 5.13. The van der Waals surface area contributed by atoms with Gasteiger partial charge in [-0.2, -0.15) is 0 Å². The summed E-state index contributed by atoms with van der Waals surface area (Å²) in [5.41, 5.74) is 0.513. The van der Waals surface area contributed by atoms with Gasteiger partial charge in [0.25, 0.3) is 0 Å². The molecular weight excluding hydrogens is 371 g/mol. The van der Waals surface area contributed by atoms with Gasteiger partial charge < -0.3 is 4.90 Å². The van der Waals surface area contributed by atoms with Crippen LogP contribution in [0.5, 0.6) is 0 Å². The van der Waals surface area contributed by atoms with Crippen molar-refractivity contribution in [3.05, 3.63) is 58.6 Å². The zero-order valence-corrected chi connectivity index (χ0v) is 15.2. The summed E-state index contributed by atoms with van der Waals surface area (Å²) in [6.45, 7) is 1.60. The number of benzene rings is 2. The zero-order chi connectivity index (χ0) is 17.7. The number of amides is 1. The summed E-state index contributed by atoms with van der Waals surface area (Å²) in [6.07, 6.45) is 0. The molecule has 2 rings (SSSR count). The van der Waals surface area contributed by atoms with Crippen molar-refractivity contribution < 1.29 is 13.2 Å². The average molecular weight is 387 g/mol. The normalized spacial score (nSPS) is 11.3. The molecule has 8 heteroatoms. The predicted octanol–water partition coefficient (Wildman–Crippen LogP) is 3.32. The van der Waals surface area contributed by atoms with E-state index in [1.165, 1.54) is 24.0 Å². The van der Waals surface area contributed by atoms with Crippen molar-refractivity contribution in [2.24, 2.45) is 0 Å². The molecule has 0 radical (unpaired) electrons. The van der Waals surface area contributed by atoms with Crippen molar-refractivity contribution in [1.82, 2.24) is 4.72 Å². The summed E-state index contributed by atoms with van der Waals surface area (Å²) in [5, 5.41) is 0.794. The minimum absolute atomic E-state index is 0.0565. The highest BCUT2D eigenvalue weighted by molar-refractivity contribution is 7.89. The second-order valence-electron chi connectivity index (χ2n) is 5.01. The molecule has 2 aromatic carbocycles. The summed E-state index contributed by atoms with van der Waals surface area (Å²) in [7, 11) is -3.62. The molecule has 0 saturated carbocycles. The second-order valence-corrected chi connectivity index (χ2v) is 7.65. The Morgan fingerprint density at radius 2 is 1.67 bits per heavy atom. The van der Waals surface area contributed by atoms with Crippen LogP contribution in [0, 0.1) is 0 Å². The smallest absolute Gasteiger partial charge is 0.240 e. The number of nitrogens with one attached hydrogen (secondary N) is 1. The van der Waals surface area contributed by atoms with Crippen LogP contribution in [0.2, 0.25) is 10.0 Å². The van der Waals surface area contributed by atoms with Crippen LogP contribution < -0.4 is 9.62 Å². The van der Waals surface area contributed by atoms with E-state index in [-0.39, 0.29) is 23.9 Å². The highest BCUT2D eigenvalue weighted by Crippen LogP contribution is 2.25. The lowest BCUT2D eigenvalue weighted by Crippen LogP contribution is -2.37. The standard InChI is InChI=1S/C16H16Cl2N2O3S/c1-12(21)20(15-10-13(17)9-14(18)11-15)8-7-19-24(22,23)16-5-3-2-4-6-16/h2-6,9-11,19H,7-8H2,1H3. The van der Waals surface area contributed by atoms with Crippen LogP contribution >= 0.6 is 23.2 Å². The minimum atomic E-state index is -3.62. The first-order valence-corrected chi connectivity index (χ1v) is 9.32. The Bertz CT molecular complexity index is 806. The molecule has 0 aliphatic rings. The molecule has 0 heterocycles. The lowest BCUT2D eigenvalue weighted by Gasteiger charge is -2.22. The Hall–Kier alpha value is -1.60. The van der Waals surface area contributed by atoms with Crippen molar-refractivity contribution >= 4 is 44.8 Å². The fourth-order valence-electron chi connectivity index (χ4n) is 2.14. The van der Waals surface area contributed by atoms with Crippen molar-refractivity contribution in [1.29, 1.82) is 0 Å². The van der Waals surface area contributed by atoms with Crippen molar-refractivity contribution in [2.45, 2.75) is 11.8 Å². The highest BCUT2D eigenvalue weighted by Gasteiger charge is 2.16. The largest absolute Gasteiger partial charge is 0.311 e. The summed E-state index contributed by atoms with van der Waals surface area (Å²) >= 11 is 11.9. The van der Waals surface area contributed by atoms with Crippen molar-refractivity contribution in [3.63, 3.8) is 0 Å². The lowest BCUT2D eigenvalue weighted by atomic mass is 10.3. The number of rotatable bonds is 6. The molecule has 0 fully saturated rings. The van der Waals surface area contributed by atoms with E-state index in [2.05, 4.69) is 4.72 Å². The molecule has 0 aliphatic heterocycles. The summed E-state index contributed by atoms with van der Waals surface area (Å²) in [5.74, 6) is -0.243. The minimum Gasteiger partial charge on any atom is -0.311 e. The molecule has 0 atom stereocenters.